The molecule has 1 fully saturated rings. The molecular formula is C18H29N3O3. The Balaban J connectivity index is 1.89. The van der Waals surface area contributed by atoms with Crippen molar-refractivity contribution < 1.29 is 14.3 Å². The lowest BCUT2D eigenvalue weighted by Crippen LogP contribution is -2.46. The minimum absolute atomic E-state index is 0.0354. The lowest BCUT2D eigenvalue weighted by Gasteiger charge is -2.19. The van der Waals surface area contributed by atoms with E-state index in [4.69, 9.17) is 15.2 Å². The van der Waals surface area contributed by atoms with E-state index in [1.807, 2.05) is 25.1 Å². The molecule has 2 atom stereocenters. The first-order chi connectivity index (χ1) is 11.5. The first kappa shape index (κ1) is 18.5. The minimum Gasteiger partial charge on any atom is -0.497 e. The largest absolute Gasteiger partial charge is 0.497 e. The topological polar surface area (TPSA) is 76.8 Å². The molecule has 1 aromatic rings. The fourth-order valence-corrected chi connectivity index (χ4v) is 3.06. The van der Waals surface area contributed by atoms with Gasteiger partial charge in [0, 0.05) is 31.7 Å². The maximum absolute atomic E-state index is 12.0. The Morgan fingerprint density at radius 2 is 2.00 bits per heavy atom. The van der Waals surface area contributed by atoms with Crippen molar-refractivity contribution in [1.29, 1.82) is 0 Å². The maximum atomic E-state index is 12.0. The van der Waals surface area contributed by atoms with E-state index in [2.05, 4.69) is 10.2 Å². The molecule has 0 aliphatic carbocycles. The highest BCUT2D eigenvalue weighted by Gasteiger charge is 2.25. The first-order valence-electron chi connectivity index (χ1n) is 8.56. The third-order valence-corrected chi connectivity index (χ3v) is 4.37. The monoisotopic (exact) mass is 335 g/mol. The second-order valence-corrected chi connectivity index (χ2v) is 6.35. The molecule has 134 valence electrons. The molecule has 0 radical (unpaired) electrons. The van der Waals surface area contributed by atoms with Gasteiger partial charge in [-0.15, -0.1) is 0 Å². The molecule has 3 N–H and O–H groups in total. The van der Waals surface area contributed by atoms with Crippen molar-refractivity contribution in [1.82, 2.24) is 10.2 Å². The van der Waals surface area contributed by atoms with Crippen molar-refractivity contribution >= 4 is 5.91 Å². The van der Waals surface area contributed by atoms with Crippen LogP contribution in [0.15, 0.2) is 18.2 Å². The number of hydrogen-bond acceptors (Lipinski definition) is 5. The van der Waals surface area contributed by atoms with Gasteiger partial charge in [0.05, 0.1) is 20.3 Å². The number of amides is 1. The first-order valence-corrected chi connectivity index (χ1v) is 8.56. The van der Waals surface area contributed by atoms with Gasteiger partial charge in [-0.1, -0.05) is 13.3 Å². The number of nitrogens with two attached hydrogens (primary N) is 1. The quantitative estimate of drug-likeness (QED) is 0.753. The number of hydrogen-bond donors (Lipinski definition) is 2. The lowest BCUT2D eigenvalue weighted by atomic mass is 10.1. The molecule has 1 aromatic carbocycles. The van der Waals surface area contributed by atoms with Crippen molar-refractivity contribution in [2.24, 2.45) is 5.73 Å². The van der Waals surface area contributed by atoms with Crippen LogP contribution < -0.4 is 20.5 Å². The molecule has 0 bridgehead atoms. The summed E-state index contributed by atoms with van der Waals surface area (Å²) in [7, 11) is 3.30. The van der Waals surface area contributed by atoms with E-state index in [0.29, 0.717) is 0 Å². The molecular weight excluding hydrogens is 306 g/mol. The summed E-state index contributed by atoms with van der Waals surface area (Å²) in [5.74, 6) is 1.55. The number of methoxy groups -OCH3 is 2. The summed E-state index contributed by atoms with van der Waals surface area (Å²) in [6, 6.07) is 5.68. The molecule has 1 aliphatic heterocycles. The van der Waals surface area contributed by atoms with Gasteiger partial charge in [0.25, 0.3) is 0 Å². The standard InChI is InChI=1S/C18H29N3O3/c1-4-5-17(19)18(22)20-14-6-7-21(12-14)11-13-8-15(23-2)10-16(9-13)24-3/h8-10,14,17H,4-7,11-12,19H2,1-3H3,(H,20,22). The highest BCUT2D eigenvalue weighted by atomic mass is 16.5. The number of carbonyl (C=O) groups is 1. The van der Waals surface area contributed by atoms with Crippen molar-refractivity contribution in [2.45, 2.75) is 44.8 Å². The Morgan fingerprint density at radius 3 is 2.58 bits per heavy atom. The summed E-state index contributed by atoms with van der Waals surface area (Å²) in [4.78, 5) is 14.4. The predicted molar refractivity (Wildman–Crippen MR) is 94.3 cm³/mol. The summed E-state index contributed by atoms with van der Waals surface area (Å²) >= 11 is 0. The minimum atomic E-state index is -0.397. The van der Waals surface area contributed by atoms with Gasteiger partial charge in [-0.25, -0.2) is 0 Å². The third-order valence-electron chi connectivity index (χ3n) is 4.37. The molecule has 6 heteroatoms. The number of rotatable bonds is 8. The third kappa shape index (κ3) is 5.11. The highest BCUT2D eigenvalue weighted by molar-refractivity contribution is 5.81. The van der Waals surface area contributed by atoms with E-state index < -0.39 is 6.04 Å². The van der Waals surface area contributed by atoms with Crippen LogP contribution in [0.1, 0.15) is 31.7 Å². The van der Waals surface area contributed by atoms with Crippen LogP contribution in [0.3, 0.4) is 0 Å². The zero-order chi connectivity index (χ0) is 17.5. The van der Waals surface area contributed by atoms with Gasteiger partial charge in [-0.3, -0.25) is 9.69 Å². The van der Waals surface area contributed by atoms with Crippen LogP contribution >= 0.6 is 0 Å². The van der Waals surface area contributed by atoms with Gasteiger partial charge >= 0.3 is 0 Å². The normalized spacial score (nSPS) is 19.1. The van der Waals surface area contributed by atoms with E-state index in [0.717, 1.165) is 56.0 Å². The molecule has 2 unspecified atom stereocenters. The summed E-state index contributed by atoms with van der Waals surface area (Å²) in [6.07, 6.45) is 2.60. The molecule has 0 aromatic heterocycles. The fraction of sp³-hybridized carbons (Fsp3) is 0.611. The smallest absolute Gasteiger partial charge is 0.237 e. The molecule has 24 heavy (non-hydrogen) atoms. The number of carbonyl (C=O) groups excluding carboxylic acids is 1. The Kier molecular flexibility index (Phi) is 6.87. The molecule has 1 saturated heterocycles. The summed E-state index contributed by atoms with van der Waals surface area (Å²) < 4.78 is 10.6. The van der Waals surface area contributed by atoms with E-state index in [9.17, 15) is 4.79 Å². The highest BCUT2D eigenvalue weighted by Crippen LogP contribution is 2.24. The average molecular weight is 335 g/mol. The number of ether oxygens (including phenoxy) is 2. The number of nitrogens with one attached hydrogen (secondary N) is 1. The Hall–Kier alpha value is -1.79. The van der Waals surface area contributed by atoms with E-state index in [-0.39, 0.29) is 11.9 Å². The van der Waals surface area contributed by atoms with Crippen LogP contribution in [0.4, 0.5) is 0 Å². The van der Waals surface area contributed by atoms with E-state index >= 15 is 0 Å². The fourth-order valence-electron chi connectivity index (χ4n) is 3.06. The maximum Gasteiger partial charge on any atom is 0.237 e. The summed E-state index contributed by atoms with van der Waals surface area (Å²) in [5.41, 5.74) is 7.01. The number of nitrogens with zero attached hydrogens (tertiary/aromatic N) is 1. The Morgan fingerprint density at radius 1 is 1.33 bits per heavy atom. The zero-order valence-electron chi connectivity index (χ0n) is 14.9. The SMILES string of the molecule is CCCC(N)C(=O)NC1CCN(Cc2cc(OC)cc(OC)c2)C1. The molecule has 0 saturated carbocycles. The summed E-state index contributed by atoms with van der Waals surface area (Å²) in [6.45, 7) is 4.63. The predicted octanol–water partition coefficient (Wildman–Crippen LogP) is 1.52. The van der Waals surface area contributed by atoms with Gasteiger partial charge in [-0.05, 0) is 30.5 Å². The lowest BCUT2D eigenvalue weighted by molar-refractivity contribution is -0.123. The molecule has 1 heterocycles. The van der Waals surface area contributed by atoms with Gasteiger partial charge in [0.2, 0.25) is 5.91 Å². The second kappa shape index (κ2) is 8.89. The molecule has 1 aliphatic rings. The van der Waals surface area contributed by atoms with Crippen LogP contribution in [0, 0.1) is 0 Å². The number of benzene rings is 1. The summed E-state index contributed by atoms with van der Waals surface area (Å²) in [5, 5.41) is 3.07. The zero-order valence-corrected chi connectivity index (χ0v) is 14.9. The Labute approximate surface area is 144 Å². The molecule has 1 amide bonds. The van der Waals surface area contributed by atoms with Crippen LogP contribution in [0.5, 0.6) is 11.5 Å². The second-order valence-electron chi connectivity index (χ2n) is 6.35. The average Bonchev–Trinajstić information content (AvgIpc) is 3.01. The molecule has 6 nitrogen and oxygen atoms in total. The van der Waals surface area contributed by atoms with Crippen LogP contribution in [-0.4, -0.2) is 50.2 Å². The van der Waals surface area contributed by atoms with Crippen molar-refractivity contribution in [2.75, 3.05) is 27.3 Å². The van der Waals surface area contributed by atoms with Crippen LogP contribution in [-0.2, 0) is 11.3 Å². The van der Waals surface area contributed by atoms with E-state index in [1.165, 1.54) is 0 Å². The van der Waals surface area contributed by atoms with Gasteiger partial charge in [-0.2, -0.15) is 0 Å². The van der Waals surface area contributed by atoms with E-state index in [1.54, 1.807) is 14.2 Å². The van der Waals surface area contributed by atoms with Gasteiger partial charge < -0.3 is 20.5 Å². The van der Waals surface area contributed by atoms with Crippen molar-refractivity contribution in [3.8, 4) is 11.5 Å². The van der Waals surface area contributed by atoms with Gasteiger partial charge in [0.15, 0.2) is 0 Å². The van der Waals surface area contributed by atoms with Crippen LogP contribution in [0.2, 0.25) is 0 Å². The molecule has 2 rings (SSSR count). The Bertz CT molecular complexity index is 528. The van der Waals surface area contributed by atoms with Crippen molar-refractivity contribution in [3.05, 3.63) is 23.8 Å². The molecule has 0 spiro atoms. The number of likely N-dealkylation sites (tertiary alicyclic amines) is 1. The van der Waals surface area contributed by atoms with Crippen molar-refractivity contribution in [3.63, 3.8) is 0 Å². The van der Waals surface area contributed by atoms with Gasteiger partial charge in [0.1, 0.15) is 11.5 Å². The van der Waals surface area contributed by atoms with Crippen LogP contribution in [0.25, 0.3) is 0 Å².